The van der Waals surface area contributed by atoms with E-state index in [0.29, 0.717) is 0 Å². The molecule has 0 atom stereocenters. The standard InChI is InChI=1S/C10H29ClSi5/c1-12(2)13(3,4)15(7,8)16(9,10-11)14(12,5)6/h10H2,1-9H3. The fourth-order valence-electron chi connectivity index (χ4n) is 4.06. The number of halogens is 1. The molecule has 6 heteroatoms. The molecule has 0 N–H and O–H groups in total. The maximum Gasteiger partial charge on any atom is 0.0507 e. The summed E-state index contributed by atoms with van der Waals surface area (Å²) in [6.45, 7) is 24.6. The Morgan fingerprint density at radius 2 is 0.812 bits per heavy atom. The summed E-state index contributed by atoms with van der Waals surface area (Å²) in [6.07, 6.45) is 0. The minimum Gasteiger partial charge on any atom is -0.131 e. The molecule has 0 unspecified atom stereocenters. The molecule has 0 saturated carbocycles. The Hall–Kier alpha value is 1.37. The van der Waals surface area contributed by atoms with Crippen LogP contribution in [0.5, 0.6) is 0 Å². The van der Waals surface area contributed by atoms with E-state index >= 15 is 0 Å². The molecule has 0 spiro atoms. The van der Waals surface area contributed by atoms with Crippen LogP contribution in [0.3, 0.4) is 0 Å². The summed E-state index contributed by atoms with van der Waals surface area (Å²) in [6, 6.07) is 0. The van der Waals surface area contributed by atoms with Crippen LogP contribution in [0.15, 0.2) is 0 Å². The average molecular weight is 325 g/mol. The first kappa shape index (κ1) is 15.4. The van der Waals surface area contributed by atoms with Gasteiger partial charge in [0, 0.05) is 33.9 Å². The highest BCUT2D eigenvalue weighted by atomic mass is 35.5. The minimum absolute atomic E-state index is 0.970. The van der Waals surface area contributed by atoms with Gasteiger partial charge < -0.3 is 0 Å². The van der Waals surface area contributed by atoms with Crippen molar-refractivity contribution in [3.8, 4) is 0 Å². The molecule has 1 fully saturated rings. The third-order valence-corrected chi connectivity index (χ3v) is 138. The van der Waals surface area contributed by atoms with Crippen molar-refractivity contribution in [3.63, 3.8) is 0 Å². The Bertz CT molecular complexity index is 282. The van der Waals surface area contributed by atoms with Crippen molar-refractivity contribution in [2.75, 3.05) is 5.50 Å². The largest absolute Gasteiger partial charge is 0.131 e. The monoisotopic (exact) mass is 324 g/mol. The van der Waals surface area contributed by atoms with Gasteiger partial charge in [0.2, 0.25) is 0 Å². The second kappa shape index (κ2) is 3.69. The zero-order valence-corrected chi connectivity index (χ0v) is 18.3. The molecule has 0 amide bonds. The Morgan fingerprint density at radius 1 is 0.562 bits per heavy atom. The molecular weight excluding hydrogens is 296 g/mol. The van der Waals surface area contributed by atoms with E-state index in [9.17, 15) is 0 Å². The molecule has 1 rings (SSSR count). The maximum absolute atomic E-state index is 6.55. The molecule has 1 heterocycles. The van der Waals surface area contributed by atoms with Gasteiger partial charge in [-0.1, -0.05) is 58.9 Å². The van der Waals surface area contributed by atoms with Crippen LogP contribution in [-0.4, -0.2) is 41.0 Å². The van der Waals surface area contributed by atoms with Crippen LogP contribution in [0.2, 0.25) is 58.9 Å². The van der Waals surface area contributed by atoms with Gasteiger partial charge >= 0.3 is 0 Å². The summed E-state index contributed by atoms with van der Waals surface area (Å²) in [5, 5.41) is 0. The fourth-order valence-corrected chi connectivity index (χ4v) is 212. The summed E-state index contributed by atoms with van der Waals surface area (Å²) < 4.78 is 0. The highest BCUT2D eigenvalue weighted by molar-refractivity contribution is 8.13. The molecule has 0 nitrogen and oxygen atoms in total. The second-order valence-corrected chi connectivity index (χ2v) is 68.8. The lowest BCUT2D eigenvalue weighted by Gasteiger charge is -2.45. The predicted octanol–water partition coefficient (Wildman–Crippen LogP) is 4.08. The molecular formula is C10H29ClSi5. The number of rotatable bonds is 1. The normalized spacial score (nSPS) is 32.6. The van der Waals surface area contributed by atoms with Gasteiger partial charge in [-0.05, 0) is 0 Å². The Kier molecular flexibility index (Phi) is 3.56. The van der Waals surface area contributed by atoms with Crippen LogP contribution in [0.4, 0.5) is 0 Å². The first-order valence-corrected chi connectivity index (χ1v) is 26.6. The van der Waals surface area contributed by atoms with Crippen molar-refractivity contribution in [1.29, 1.82) is 0 Å². The van der Waals surface area contributed by atoms with E-state index in [-0.39, 0.29) is 0 Å². The molecule has 0 radical (unpaired) electrons. The van der Waals surface area contributed by atoms with E-state index in [1.165, 1.54) is 0 Å². The van der Waals surface area contributed by atoms with Crippen LogP contribution in [0, 0.1) is 0 Å². The molecule has 0 bridgehead atoms. The van der Waals surface area contributed by atoms with Gasteiger partial charge in [0.05, 0.1) is 7.11 Å². The topological polar surface area (TPSA) is 0 Å². The highest BCUT2D eigenvalue weighted by Crippen LogP contribution is 2.51. The van der Waals surface area contributed by atoms with Crippen molar-refractivity contribution in [3.05, 3.63) is 0 Å². The Morgan fingerprint density at radius 3 is 0.938 bits per heavy atom. The lowest BCUT2D eigenvalue weighted by Crippen LogP contribution is -2.72. The van der Waals surface area contributed by atoms with Crippen LogP contribution < -0.4 is 0 Å². The first-order chi connectivity index (χ1) is 6.81. The number of alkyl halides is 1. The summed E-state index contributed by atoms with van der Waals surface area (Å²) in [5.41, 5.74) is 1.07. The Labute approximate surface area is 111 Å². The average Bonchev–Trinajstić information content (AvgIpc) is 2.18. The van der Waals surface area contributed by atoms with E-state index in [1.54, 1.807) is 0 Å². The first-order valence-electron chi connectivity index (χ1n) is 6.37. The third-order valence-electron chi connectivity index (χ3n) is 7.71. The summed E-state index contributed by atoms with van der Waals surface area (Å²) in [7, 11) is -5.11. The van der Waals surface area contributed by atoms with Crippen LogP contribution >= 0.6 is 11.6 Å². The van der Waals surface area contributed by atoms with E-state index in [2.05, 4.69) is 58.9 Å². The minimum atomic E-state index is -1.12. The molecule has 1 aliphatic rings. The third kappa shape index (κ3) is 1.30. The van der Waals surface area contributed by atoms with Gasteiger partial charge in [-0.25, -0.2) is 0 Å². The lowest BCUT2D eigenvalue weighted by atomic mass is 11.9. The predicted molar refractivity (Wildman–Crippen MR) is 92.3 cm³/mol. The molecule has 96 valence electrons. The Balaban J connectivity index is 3.58. The molecule has 1 saturated heterocycles. The molecule has 0 aromatic carbocycles. The van der Waals surface area contributed by atoms with Crippen LogP contribution in [-0.2, 0) is 0 Å². The zero-order valence-electron chi connectivity index (χ0n) is 12.6. The lowest BCUT2D eigenvalue weighted by molar-refractivity contribution is 1.79. The van der Waals surface area contributed by atoms with Crippen molar-refractivity contribution in [2.24, 2.45) is 0 Å². The van der Waals surface area contributed by atoms with Crippen LogP contribution in [0.1, 0.15) is 0 Å². The van der Waals surface area contributed by atoms with E-state index < -0.39 is 35.5 Å². The zero-order chi connectivity index (χ0) is 13.2. The number of hydrogen-bond donors (Lipinski definition) is 0. The molecule has 16 heavy (non-hydrogen) atoms. The number of hydrogen-bond acceptors (Lipinski definition) is 0. The van der Waals surface area contributed by atoms with Crippen molar-refractivity contribution in [1.82, 2.24) is 0 Å². The fraction of sp³-hybridized carbons (Fsp3) is 1.00. The van der Waals surface area contributed by atoms with E-state index in [0.717, 1.165) is 5.50 Å². The SMILES string of the molecule is C[Si]1(C)[Si](C)(C)[Si](C)(C)[Si](C)(CCl)[Si]1(C)C. The van der Waals surface area contributed by atoms with Crippen LogP contribution in [0.25, 0.3) is 0 Å². The van der Waals surface area contributed by atoms with Crippen molar-refractivity contribution < 1.29 is 0 Å². The molecule has 0 aromatic heterocycles. The quantitative estimate of drug-likeness (QED) is 0.503. The van der Waals surface area contributed by atoms with Crippen molar-refractivity contribution in [2.45, 2.75) is 58.9 Å². The van der Waals surface area contributed by atoms with E-state index in [1.807, 2.05) is 0 Å². The van der Waals surface area contributed by atoms with Gasteiger partial charge in [-0.2, -0.15) is 0 Å². The summed E-state index contributed by atoms with van der Waals surface area (Å²) >= 11 is 6.55. The van der Waals surface area contributed by atoms with Gasteiger partial charge in [0.15, 0.2) is 0 Å². The van der Waals surface area contributed by atoms with Gasteiger partial charge in [-0.15, -0.1) is 11.6 Å². The van der Waals surface area contributed by atoms with Gasteiger partial charge in [0.25, 0.3) is 0 Å². The van der Waals surface area contributed by atoms with Gasteiger partial charge in [0.1, 0.15) is 0 Å². The maximum atomic E-state index is 6.55. The highest BCUT2D eigenvalue weighted by Gasteiger charge is 2.76. The molecule has 0 aromatic rings. The molecule has 1 aliphatic heterocycles. The summed E-state index contributed by atoms with van der Waals surface area (Å²) in [5.74, 6) is 0. The smallest absolute Gasteiger partial charge is 0.0507 e. The molecule has 0 aliphatic carbocycles. The van der Waals surface area contributed by atoms with Crippen molar-refractivity contribution >= 4 is 47.1 Å². The second-order valence-electron chi connectivity index (χ2n) is 7.97. The van der Waals surface area contributed by atoms with Gasteiger partial charge in [-0.3, -0.25) is 0 Å². The summed E-state index contributed by atoms with van der Waals surface area (Å²) in [4.78, 5) is 0. The van der Waals surface area contributed by atoms with E-state index in [4.69, 9.17) is 11.6 Å².